The summed E-state index contributed by atoms with van der Waals surface area (Å²) in [4.78, 5) is 0. The van der Waals surface area contributed by atoms with Gasteiger partial charge in [-0.15, -0.1) is 0 Å². The Bertz CT molecular complexity index is 282. The van der Waals surface area contributed by atoms with Gasteiger partial charge in [-0.1, -0.05) is 25.1 Å². The molecule has 63 valence electrons. The van der Waals surface area contributed by atoms with Crippen LogP contribution in [0, 0.1) is 6.92 Å². The first-order valence-electron chi connectivity index (χ1n) is 4.76. The van der Waals surface area contributed by atoms with Crippen LogP contribution in [-0.2, 0) is 6.42 Å². The first-order chi connectivity index (χ1) is 5.81. The van der Waals surface area contributed by atoms with Gasteiger partial charge in [0.15, 0.2) is 0 Å². The van der Waals surface area contributed by atoms with Crippen molar-refractivity contribution in [1.29, 1.82) is 0 Å². The Morgan fingerprint density at radius 1 is 1.42 bits per heavy atom. The van der Waals surface area contributed by atoms with Crippen molar-refractivity contribution in [3.8, 4) is 0 Å². The predicted octanol–water partition coefficient (Wildman–Crippen LogP) is 3.31. The SMILES string of the molecule is [CH2]c1ccc(CC)c(C2CC2)c1. The minimum atomic E-state index is 0.863. The summed E-state index contributed by atoms with van der Waals surface area (Å²) in [5, 5.41) is 0. The number of aryl methyl sites for hydroxylation is 1. The molecule has 0 nitrogen and oxygen atoms in total. The molecule has 0 heterocycles. The molecule has 0 heteroatoms. The van der Waals surface area contributed by atoms with E-state index >= 15 is 0 Å². The molecule has 0 spiro atoms. The quantitative estimate of drug-likeness (QED) is 0.621. The van der Waals surface area contributed by atoms with Gasteiger partial charge in [0.25, 0.3) is 0 Å². The molecule has 1 radical (unpaired) electrons. The van der Waals surface area contributed by atoms with E-state index in [0.29, 0.717) is 0 Å². The Labute approximate surface area is 74.6 Å². The molecule has 0 amide bonds. The second-order valence-corrected chi connectivity index (χ2v) is 3.66. The van der Waals surface area contributed by atoms with E-state index in [4.69, 9.17) is 0 Å². The van der Waals surface area contributed by atoms with Gasteiger partial charge in [0.2, 0.25) is 0 Å². The first-order valence-corrected chi connectivity index (χ1v) is 4.76. The van der Waals surface area contributed by atoms with Gasteiger partial charge in [0.1, 0.15) is 0 Å². The molecule has 1 saturated carbocycles. The summed E-state index contributed by atoms with van der Waals surface area (Å²) < 4.78 is 0. The summed E-state index contributed by atoms with van der Waals surface area (Å²) in [6.07, 6.45) is 3.93. The monoisotopic (exact) mass is 159 g/mol. The van der Waals surface area contributed by atoms with E-state index in [-0.39, 0.29) is 0 Å². The Hall–Kier alpha value is -0.780. The number of rotatable bonds is 2. The molecule has 2 rings (SSSR count). The topological polar surface area (TPSA) is 0 Å². The molecule has 0 N–H and O–H groups in total. The molecule has 1 aromatic rings. The Morgan fingerprint density at radius 2 is 2.17 bits per heavy atom. The summed E-state index contributed by atoms with van der Waals surface area (Å²) in [5.74, 6) is 0.863. The molecular formula is C12H15. The van der Waals surface area contributed by atoms with Crippen LogP contribution < -0.4 is 0 Å². The second-order valence-electron chi connectivity index (χ2n) is 3.66. The fourth-order valence-electron chi connectivity index (χ4n) is 1.74. The molecule has 0 unspecified atom stereocenters. The third-order valence-corrected chi connectivity index (χ3v) is 2.61. The summed E-state index contributed by atoms with van der Waals surface area (Å²) in [5.41, 5.74) is 4.24. The Balaban J connectivity index is 2.39. The van der Waals surface area contributed by atoms with Crippen molar-refractivity contribution in [2.24, 2.45) is 0 Å². The fourth-order valence-corrected chi connectivity index (χ4v) is 1.74. The van der Waals surface area contributed by atoms with E-state index in [1.54, 1.807) is 5.56 Å². The minimum Gasteiger partial charge on any atom is -0.0613 e. The predicted molar refractivity (Wildman–Crippen MR) is 52.3 cm³/mol. The molecule has 0 aliphatic heterocycles. The van der Waals surface area contributed by atoms with Crippen LogP contribution in [-0.4, -0.2) is 0 Å². The second kappa shape index (κ2) is 2.93. The minimum absolute atomic E-state index is 0.863. The number of hydrogen-bond donors (Lipinski definition) is 0. The summed E-state index contributed by atoms with van der Waals surface area (Å²) in [6.45, 7) is 6.19. The maximum Gasteiger partial charge on any atom is -0.0159 e. The van der Waals surface area contributed by atoms with Crippen LogP contribution in [0.25, 0.3) is 0 Å². The summed E-state index contributed by atoms with van der Waals surface area (Å²) in [6, 6.07) is 6.61. The Morgan fingerprint density at radius 3 is 2.75 bits per heavy atom. The molecule has 1 aliphatic carbocycles. The van der Waals surface area contributed by atoms with Crippen molar-refractivity contribution >= 4 is 0 Å². The van der Waals surface area contributed by atoms with E-state index < -0.39 is 0 Å². The maximum atomic E-state index is 3.97. The van der Waals surface area contributed by atoms with Crippen LogP contribution in [0.5, 0.6) is 0 Å². The lowest BCUT2D eigenvalue weighted by Crippen LogP contribution is -1.90. The summed E-state index contributed by atoms with van der Waals surface area (Å²) in [7, 11) is 0. The van der Waals surface area contributed by atoms with Crippen LogP contribution in [0.1, 0.15) is 42.4 Å². The van der Waals surface area contributed by atoms with Crippen molar-refractivity contribution < 1.29 is 0 Å². The highest BCUT2D eigenvalue weighted by atomic mass is 14.3. The zero-order valence-corrected chi connectivity index (χ0v) is 7.64. The van der Waals surface area contributed by atoms with Crippen molar-refractivity contribution in [2.45, 2.75) is 32.1 Å². The standard InChI is InChI=1S/C12H15/c1-3-10-5-4-9(2)8-12(10)11-6-7-11/h4-5,8,11H,2-3,6-7H2,1H3. The number of hydrogen-bond acceptors (Lipinski definition) is 0. The van der Waals surface area contributed by atoms with Gasteiger partial charge in [-0.05, 0) is 48.8 Å². The van der Waals surface area contributed by atoms with Crippen molar-refractivity contribution in [2.75, 3.05) is 0 Å². The molecule has 0 aromatic heterocycles. The van der Waals surface area contributed by atoms with Crippen LogP contribution in [0.4, 0.5) is 0 Å². The van der Waals surface area contributed by atoms with Gasteiger partial charge >= 0.3 is 0 Å². The van der Waals surface area contributed by atoms with Crippen LogP contribution in [0.3, 0.4) is 0 Å². The molecule has 0 saturated heterocycles. The van der Waals surface area contributed by atoms with Gasteiger partial charge < -0.3 is 0 Å². The smallest absolute Gasteiger partial charge is 0.0159 e. The highest BCUT2D eigenvalue weighted by Gasteiger charge is 2.25. The normalized spacial score (nSPS) is 16.5. The van der Waals surface area contributed by atoms with Crippen molar-refractivity contribution in [1.82, 2.24) is 0 Å². The van der Waals surface area contributed by atoms with Crippen LogP contribution in [0.15, 0.2) is 18.2 Å². The van der Waals surface area contributed by atoms with Crippen molar-refractivity contribution in [3.05, 3.63) is 41.8 Å². The van der Waals surface area contributed by atoms with Crippen LogP contribution >= 0.6 is 0 Å². The van der Waals surface area contributed by atoms with E-state index in [1.807, 2.05) is 0 Å². The molecule has 1 aromatic carbocycles. The van der Waals surface area contributed by atoms with Crippen LogP contribution in [0.2, 0.25) is 0 Å². The molecule has 12 heavy (non-hydrogen) atoms. The van der Waals surface area contributed by atoms with E-state index in [2.05, 4.69) is 32.0 Å². The zero-order valence-electron chi connectivity index (χ0n) is 7.64. The molecule has 0 atom stereocenters. The van der Waals surface area contributed by atoms with Gasteiger partial charge in [-0.3, -0.25) is 0 Å². The van der Waals surface area contributed by atoms with Gasteiger partial charge in [-0.2, -0.15) is 0 Å². The van der Waals surface area contributed by atoms with Crippen molar-refractivity contribution in [3.63, 3.8) is 0 Å². The largest absolute Gasteiger partial charge is 0.0613 e. The third-order valence-electron chi connectivity index (χ3n) is 2.61. The zero-order chi connectivity index (χ0) is 8.55. The third kappa shape index (κ3) is 1.38. The maximum absolute atomic E-state index is 3.97. The molecular weight excluding hydrogens is 144 g/mol. The van der Waals surface area contributed by atoms with Gasteiger partial charge in [0.05, 0.1) is 0 Å². The first kappa shape index (κ1) is 7.85. The average Bonchev–Trinajstić information content (AvgIpc) is 2.87. The summed E-state index contributed by atoms with van der Waals surface area (Å²) >= 11 is 0. The lowest BCUT2D eigenvalue weighted by Gasteiger charge is -2.06. The lowest BCUT2D eigenvalue weighted by atomic mass is 9.99. The molecule has 1 fully saturated rings. The average molecular weight is 159 g/mol. The molecule has 0 bridgehead atoms. The van der Waals surface area contributed by atoms with E-state index in [0.717, 1.165) is 17.9 Å². The molecule has 1 aliphatic rings. The fraction of sp³-hybridized carbons (Fsp3) is 0.417. The van der Waals surface area contributed by atoms with E-state index in [1.165, 1.54) is 18.4 Å². The van der Waals surface area contributed by atoms with Gasteiger partial charge in [-0.25, -0.2) is 0 Å². The lowest BCUT2D eigenvalue weighted by molar-refractivity contribution is 1.03. The van der Waals surface area contributed by atoms with E-state index in [9.17, 15) is 0 Å². The highest BCUT2D eigenvalue weighted by molar-refractivity contribution is 5.37. The Kier molecular flexibility index (Phi) is 1.92. The van der Waals surface area contributed by atoms with Gasteiger partial charge in [0, 0.05) is 0 Å². The number of benzene rings is 1. The highest BCUT2D eigenvalue weighted by Crippen LogP contribution is 2.42.